The zero-order valence-corrected chi connectivity index (χ0v) is 19.9. The molecule has 1 aromatic heterocycles. The molecule has 1 aliphatic rings. The third kappa shape index (κ3) is 5.83. The molecule has 1 N–H and O–H groups in total. The summed E-state index contributed by atoms with van der Waals surface area (Å²) < 4.78 is 11.2. The summed E-state index contributed by atoms with van der Waals surface area (Å²) in [4.78, 5) is 28.1. The van der Waals surface area contributed by atoms with Gasteiger partial charge in [0.15, 0.2) is 0 Å². The van der Waals surface area contributed by atoms with Crippen molar-refractivity contribution in [3.63, 3.8) is 0 Å². The van der Waals surface area contributed by atoms with E-state index in [-0.39, 0.29) is 5.91 Å². The van der Waals surface area contributed by atoms with Crippen LogP contribution >= 0.6 is 9.24 Å². The first-order valence-electron chi connectivity index (χ1n) is 10.9. The number of nitrogens with zero attached hydrogens (tertiary/aromatic N) is 3. The molecular formula is C25H25N4O4P. The Hall–Kier alpha value is -3.64. The number of pyridine rings is 1. The molecular weight excluding hydrogens is 451 g/mol. The average molecular weight is 476 g/mol. The lowest BCUT2D eigenvalue weighted by atomic mass is 10.0. The van der Waals surface area contributed by atoms with Crippen molar-refractivity contribution in [1.82, 2.24) is 10.3 Å². The van der Waals surface area contributed by atoms with E-state index in [1.165, 1.54) is 6.21 Å². The van der Waals surface area contributed by atoms with Crippen molar-refractivity contribution in [3.8, 4) is 22.8 Å². The van der Waals surface area contributed by atoms with Gasteiger partial charge in [-0.1, -0.05) is 30.3 Å². The molecule has 1 heterocycles. The number of hydrogen-bond donors (Lipinski definition) is 1. The minimum absolute atomic E-state index is 0.290. The van der Waals surface area contributed by atoms with Crippen LogP contribution < -0.4 is 20.1 Å². The van der Waals surface area contributed by atoms with E-state index in [4.69, 9.17) is 9.47 Å². The molecule has 2 aromatic carbocycles. The second kappa shape index (κ2) is 11.0. The first kappa shape index (κ1) is 23.5. The van der Waals surface area contributed by atoms with Crippen molar-refractivity contribution in [2.45, 2.75) is 19.4 Å². The molecule has 1 amide bonds. The number of nitrogens with one attached hydrogen (secondary N) is 1. The molecule has 0 radical (unpaired) electrons. The fourth-order valence-electron chi connectivity index (χ4n) is 3.49. The molecule has 34 heavy (non-hydrogen) atoms. The van der Waals surface area contributed by atoms with Gasteiger partial charge in [-0.05, 0) is 48.1 Å². The van der Waals surface area contributed by atoms with Gasteiger partial charge in [-0.3, -0.25) is 4.79 Å². The molecule has 1 fully saturated rings. The molecule has 0 aliphatic heterocycles. The second-order valence-corrected chi connectivity index (χ2v) is 8.63. The van der Waals surface area contributed by atoms with Crippen molar-refractivity contribution in [2.24, 2.45) is 16.3 Å². The normalized spacial score (nSPS) is 13.0. The molecule has 1 saturated carbocycles. The molecule has 8 nitrogen and oxygen atoms in total. The summed E-state index contributed by atoms with van der Waals surface area (Å²) in [6.07, 6.45) is 5.30. The molecule has 9 heteroatoms. The van der Waals surface area contributed by atoms with Gasteiger partial charge in [-0.2, -0.15) is 0 Å². The molecule has 174 valence electrons. The summed E-state index contributed by atoms with van der Waals surface area (Å²) in [5.41, 5.74) is 3.44. The van der Waals surface area contributed by atoms with E-state index < -0.39 is 0 Å². The smallest absolute Gasteiger partial charge is 0.257 e. The number of hydrogen-bond acceptors (Lipinski definition) is 6. The molecule has 0 spiro atoms. The Balaban J connectivity index is 1.61. The predicted molar refractivity (Wildman–Crippen MR) is 135 cm³/mol. The zero-order valence-electron chi connectivity index (χ0n) is 18.7. The van der Waals surface area contributed by atoms with Crippen molar-refractivity contribution >= 4 is 26.7 Å². The molecule has 1 aliphatic carbocycles. The van der Waals surface area contributed by atoms with Gasteiger partial charge in [-0.25, -0.2) is 4.98 Å². The maximum absolute atomic E-state index is 13.2. The Bertz CT molecular complexity index is 1230. The lowest BCUT2D eigenvalue weighted by molar-refractivity contribution is 0.0945. The maximum atomic E-state index is 13.2. The molecule has 0 bridgehead atoms. The number of carbonyl (C=O) groups excluding carboxylic acids is 1. The number of carbonyl (C=O) groups is 1. The van der Waals surface area contributed by atoms with Gasteiger partial charge in [0, 0.05) is 29.2 Å². The maximum Gasteiger partial charge on any atom is 0.257 e. The van der Waals surface area contributed by atoms with E-state index in [0.29, 0.717) is 41.6 Å². The van der Waals surface area contributed by atoms with E-state index in [2.05, 4.69) is 29.9 Å². The summed E-state index contributed by atoms with van der Waals surface area (Å²) in [7, 11) is 4.25. The van der Waals surface area contributed by atoms with Gasteiger partial charge in [0.05, 0.1) is 25.2 Å². The van der Waals surface area contributed by atoms with Crippen LogP contribution in [0.1, 0.15) is 34.3 Å². The van der Waals surface area contributed by atoms with Crippen LogP contribution in [-0.4, -0.2) is 30.8 Å². The number of nitroso groups, excluding NO2 is 1. The number of amides is 1. The largest absolute Gasteiger partial charge is 0.496 e. The first-order chi connectivity index (χ1) is 16.6. The SMILES string of the molecule is COc1ccc(CNC(=O)c2cc(-c3ccccc3/C=N/N=O)cnc2OCC2CC2)cc1P. The number of benzene rings is 2. The monoisotopic (exact) mass is 476 g/mol. The highest BCUT2D eigenvalue weighted by molar-refractivity contribution is 7.27. The minimum Gasteiger partial charge on any atom is -0.496 e. The van der Waals surface area contributed by atoms with Crippen molar-refractivity contribution in [3.05, 3.63) is 76.3 Å². The average Bonchev–Trinajstić information content (AvgIpc) is 3.69. The van der Waals surface area contributed by atoms with E-state index in [0.717, 1.165) is 35.0 Å². The molecule has 1 atom stereocenters. The van der Waals surface area contributed by atoms with Gasteiger partial charge in [0.1, 0.15) is 11.3 Å². The number of ether oxygens (including phenoxy) is 2. The van der Waals surface area contributed by atoms with Crippen LogP contribution in [0.15, 0.2) is 65.1 Å². The Morgan fingerprint density at radius 2 is 2.06 bits per heavy atom. The summed E-state index contributed by atoms with van der Waals surface area (Å²) in [5.74, 6) is 1.29. The topological polar surface area (TPSA) is 102 Å². The van der Waals surface area contributed by atoms with E-state index in [1.54, 1.807) is 19.4 Å². The van der Waals surface area contributed by atoms with Crippen molar-refractivity contribution in [2.75, 3.05) is 13.7 Å². The molecule has 1 unspecified atom stereocenters. The van der Waals surface area contributed by atoms with Crippen LogP contribution in [0.5, 0.6) is 11.6 Å². The highest BCUT2D eigenvalue weighted by Gasteiger charge is 2.24. The van der Waals surface area contributed by atoms with Crippen molar-refractivity contribution < 1.29 is 14.3 Å². The van der Waals surface area contributed by atoms with Gasteiger partial charge < -0.3 is 14.8 Å². The standard InChI is InChI=1S/C25H25N4O4P/c1-32-22-9-8-17(10-23(22)34)12-26-24(30)21-11-19(13-27-25(21)33-15-16-6-7-16)20-5-3-2-4-18(20)14-28-29-31/h2-5,8-11,13-14,16H,6-7,12,15,34H2,1H3,(H,26,30)/b28-14+. The summed E-state index contributed by atoms with van der Waals surface area (Å²) in [5, 5.41) is 9.87. The highest BCUT2D eigenvalue weighted by Crippen LogP contribution is 2.31. The molecule has 4 rings (SSSR count). The Morgan fingerprint density at radius 3 is 2.79 bits per heavy atom. The lowest BCUT2D eigenvalue weighted by Crippen LogP contribution is -2.24. The Labute approximate surface area is 200 Å². The van der Waals surface area contributed by atoms with E-state index in [9.17, 15) is 9.70 Å². The Morgan fingerprint density at radius 1 is 1.24 bits per heavy atom. The number of rotatable bonds is 10. The fourth-order valence-corrected chi connectivity index (χ4v) is 3.92. The van der Waals surface area contributed by atoms with Crippen molar-refractivity contribution in [1.29, 1.82) is 0 Å². The zero-order chi connectivity index (χ0) is 23.9. The Kier molecular flexibility index (Phi) is 7.60. The van der Waals surface area contributed by atoms with Crippen LogP contribution in [0.25, 0.3) is 11.1 Å². The third-order valence-electron chi connectivity index (χ3n) is 5.51. The highest BCUT2D eigenvalue weighted by atomic mass is 31.0. The quantitative estimate of drug-likeness (QED) is 0.206. The fraction of sp³-hybridized carbons (Fsp3) is 0.240. The predicted octanol–water partition coefficient (Wildman–Crippen LogP) is 4.08. The van der Waals surface area contributed by atoms with Crippen LogP contribution in [0.3, 0.4) is 0 Å². The summed E-state index contributed by atoms with van der Waals surface area (Å²) in [6.45, 7) is 0.876. The summed E-state index contributed by atoms with van der Waals surface area (Å²) in [6, 6.07) is 14.8. The lowest BCUT2D eigenvalue weighted by Gasteiger charge is -2.14. The first-order valence-corrected chi connectivity index (χ1v) is 11.4. The minimum atomic E-state index is -0.290. The number of methoxy groups -OCH3 is 1. The van der Waals surface area contributed by atoms with E-state index in [1.807, 2.05) is 42.5 Å². The van der Waals surface area contributed by atoms with Gasteiger partial charge in [0.25, 0.3) is 5.91 Å². The van der Waals surface area contributed by atoms with Crippen LogP contribution in [-0.2, 0) is 6.54 Å². The second-order valence-electron chi connectivity index (χ2n) is 8.00. The molecule has 3 aromatic rings. The van der Waals surface area contributed by atoms with Crippen LogP contribution in [0.2, 0.25) is 0 Å². The third-order valence-corrected chi connectivity index (χ3v) is 5.96. The van der Waals surface area contributed by atoms with Crippen LogP contribution in [0.4, 0.5) is 0 Å². The van der Waals surface area contributed by atoms with Gasteiger partial charge >= 0.3 is 0 Å². The molecule has 0 saturated heterocycles. The van der Waals surface area contributed by atoms with Gasteiger partial charge in [0.2, 0.25) is 5.88 Å². The van der Waals surface area contributed by atoms with E-state index >= 15 is 0 Å². The van der Waals surface area contributed by atoms with Gasteiger partial charge in [-0.15, -0.1) is 19.2 Å². The summed E-state index contributed by atoms with van der Waals surface area (Å²) >= 11 is 0. The van der Waals surface area contributed by atoms with Crippen LogP contribution in [0, 0.1) is 10.8 Å². The number of aromatic nitrogens is 1.